The van der Waals surface area contributed by atoms with E-state index in [1.165, 1.54) is 4.90 Å². The molecule has 1 aromatic heterocycles. The van der Waals surface area contributed by atoms with Gasteiger partial charge in [-0.1, -0.05) is 17.3 Å². The molecule has 0 aliphatic carbocycles. The molecule has 3 N–H and O–H groups in total. The number of aromatic nitrogens is 1. The largest absolute Gasteiger partial charge is 0.366 e. The number of carbonyl (C=O) groups excluding carboxylic acids is 3. The maximum atomic E-state index is 12.2. The van der Waals surface area contributed by atoms with E-state index in [1.807, 2.05) is 0 Å². The van der Waals surface area contributed by atoms with Crippen molar-refractivity contribution in [1.82, 2.24) is 10.1 Å². The fourth-order valence-electron chi connectivity index (χ4n) is 2.48. The average Bonchev–Trinajstić information content (AvgIpc) is 2.92. The third kappa shape index (κ3) is 2.98. The smallest absolute Gasteiger partial charge is 0.276 e. The van der Waals surface area contributed by atoms with E-state index in [4.69, 9.17) is 10.3 Å². The van der Waals surface area contributed by atoms with Gasteiger partial charge < -0.3 is 20.5 Å². The molecule has 8 heteroatoms. The quantitative estimate of drug-likeness (QED) is 0.860. The number of anilines is 1. The topological polar surface area (TPSA) is 119 Å². The zero-order valence-electron chi connectivity index (χ0n) is 13.0. The van der Waals surface area contributed by atoms with Gasteiger partial charge in [-0.2, -0.15) is 0 Å². The van der Waals surface area contributed by atoms with E-state index in [-0.39, 0.29) is 42.1 Å². The second-order valence-electron chi connectivity index (χ2n) is 5.63. The predicted octanol–water partition coefficient (Wildman–Crippen LogP) is 0.793. The average molecular weight is 328 g/mol. The fraction of sp³-hybridized carbons (Fsp3) is 0.250. The van der Waals surface area contributed by atoms with Gasteiger partial charge in [0, 0.05) is 19.2 Å². The molecule has 1 fully saturated rings. The second-order valence-corrected chi connectivity index (χ2v) is 5.63. The lowest BCUT2D eigenvalue weighted by Gasteiger charge is -2.37. The number of benzene rings is 1. The van der Waals surface area contributed by atoms with Crippen molar-refractivity contribution >= 4 is 23.4 Å². The van der Waals surface area contributed by atoms with Crippen LogP contribution in [-0.2, 0) is 4.79 Å². The molecule has 0 atom stereocenters. The Labute approximate surface area is 137 Å². The number of carbonyl (C=O) groups is 3. The zero-order chi connectivity index (χ0) is 17.3. The van der Waals surface area contributed by atoms with E-state index in [2.05, 4.69) is 10.5 Å². The molecule has 1 aromatic carbocycles. The maximum absolute atomic E-state index is 12.2. The summed E-state index contributed by atoms with van der Waals surface area (Å²) in [4.78, 5) is 37.2. The van der Waals surface area contributed by atoms with Crippen LogP contribution in [-0.4, -0.2) is 40.9 Å². The standard InChI is InChI=1S/C16H16N4O4/c1-9-6-13(19-24-9)16(23)20-7-10(8-20)15(22)18-12-5-3-2-4-11(12)14(17)21/h2-6,10H,7-8H2,1H3,(H2,17,21)(H,18,22). The number of nitrogens with one attached hydrogen (secondary N) is 1. The lowest BCUT2D eigenvalue weighted by molar-refractivity contribution is -0.123. The van der Waals surface area contributed by atoms with Gasteiger partial charge in [-0.25, -0.2) is 0 Å². The molecule has 3 amide bonds. The summed E-state index contributed by atoms with van der Waals surface area (Å²) in [5.74, 6) is -0.936. The van der Waals surface area contributed by atoms with Crippen molar-refractivity contribution in [3.63, 3.8) is 0 Å². The monoisotopic (exact) mass is 328 g/mol. The summed E-state index contributed by atoms with van der Waals surface area (Å²) in [6.45, 7) is 2.27. The highest BCUT2D eigenvalue weighted by atomic mass is 16.5. The van der Waals surface area contributed by atoms with Crippen molar-refractivity contribution in [2.45, 2.75) is 6.92 Å². The first kappa shape index (κ1) is 15.7. The molecule has 24 heavy (non-hydrogen) atoms. The van der Waals surface area contributed by atoms with Crippen LogP contribution in [0.4, 0.5) is 5.69 Å². The van der Waals surface area contributed by atoms with Crippen LogP contribution in [0.1, 0.15) is 26.6 Å². The van der Waals surface area contributed by atoms with Crippen molar-refractivity contribution in [3.05, 3.63) is 47.3 Å². The maximum Gasteiger partial charge on any atom is 0.276 e. The van der Waals surface area contributed by atoms with Crippen LogP contribution in [0.2, 0.25) is 0 Å². The van der Waals surface area contributed by atoms with Crippen molar-refractivity contribution in [2.24, 2.45) is 11.7 Å². The number of hydrogen-bond donors (Lipinski definition) is 2. The number of likely N-dealkylation sites (tertiary alicyclic amines) is 1. The van der Waals surface area contributed by atoms with Gasteiger partial charge in [-0.3, -0.25) is 14.4 Å². The van der Waals surface area contributed by atoms with Crippen LogP contribution in [0.15, 0.2) is 34.9 Å². The summed E-state index contributed by atoms with van der Waals surface area (Å²) >= 11 is 0. The first-order valence-electron chi connectivity index (χ1n) is 7.38. The summed E-state index contributed by atoms with van der Waals surface area (Å²) in [7, 11) is 0. The molecule has 0 bridgehead atoms. The molecule has 2 heterocycles. The van der Waals surface area contributed by atoms with E-state index in [9.17, 15) is 14.4 Å². The molecule has 1 aliphatic heterocycles. The Morgan fingerprint density at radius 2 is 2.00 bits per heavy atom. The van der Waals surface area contributed by atoms with E-state index in [0.29, 0.717) is 11.4 Å². The lowest BCUT2D eigenvalue weighted by atomic mass is 9.98. The molecule has 0 radical (unpaired) electrons. The van der Waals surface area contributed by atoms with Gasteiger partial charge in [0.05, 0.1) is 17.2 Å². The van der Waals surface area contributed by atoms with Gasteiger partial charge in [0.1, 0.15) is 5.76 Å². The summed E-state index contributed by atoms with van der Waals surface area (Å²) in [6, 6.07) is 8.07. The Hall–Kier alpha value is -3.16. The number of hydrogen-bond acceptors (Lipinski definition) is 5. The van der Waals surface area contributed by atoms with E-state index >= 15 is 0 Å². The van der Waals surface area contributed by atoms with E-state index in [0.717, 1.165) is 0 Å². The van der Waals surface area contributed by atoms with Gasteiger partial charge in [0.15, 0.2) is 5.69 Å². The van der Waals surface area contributed by atoms with Crippen molar-refractivity contribution in [1.29, 1.82) is 0 Å². The van der Waals surface area contributed by atoms with Gasteiger partial charge >= 0.3 is 0 Å². The van der Waals surface area contributed by atoms with Gasteiger partial charge in [0.25, 0.3) is 11.8 Å². The lowest BCUT2D eigenvalue weighted by Crippen LogP contribution is -2.54. The molecular weight excluding hydrogens is 312 g/mol. The minimum Gasteiger partial charge on any atom is -0.366 e. The van der Waals surface area contributed by atoms with Gasteiger partial charge in [-0.05, 0) is 19.1 Å². The Balaban J connectivity index is 1.59. The summed E-state index contributed by atoms with van der Waals surface area (Å²) in [5.41, 5.74) is 6.12. The van der Waals surface area contributed by atoms with Crippen LogP contribution in [0, 0.1) is 12.8 Å². The highest BCUT2D eigenvalue weighted by Crippen LogP contribution is 2.22. The number of nitrogens with two attached hydrogens (primary N) is 1. The van der Waals surface area contributed by atoms with Gasteiger partial charge in [-0.15, -0.1) is 0 Å². The highest BCUT2D eigenvalue weighted by Gasteiger charge is 2.37. The van der Waals surface area contributed by atoms with Crippen LogP contribution < -0.4 is 11.1 Å². The first-order chi connectivity index (χ1) is 11.5. The molecule has 124 valence electrons. The van der Waals surface area contributed by atoms with E-state index < -0.39 is 5.91 Å². The van der Waals surface area contributed by atoms with Crippen molar-refractivity contribution < 1.29 is 18.9 Å². The van der Waals surface area contributed by atoms with Crippen molar-refractivity contribution in [3.8, 4) is 0 Å². The molecule has 8 nitrogen and oxygen atoms in total. The first-order valence-corrected chi connectivity index (χ1v) is 7.38. The summed E-state index contributed by atoms with van der Waals surface area (Å²) < 4.78 is 4.87. The Morgan fingerprint density at radius 3 is 2.62 bits per heavy atom. The number of rotatable bonds is 4. The van der Waals surface area contributed by atoms with Gasteiger partial charge in [0.2, 0.25) is 5.91 Å². The Morgan fingerprint density at radius 1 is 1.29 bits per heavy atom. The number of para-hydroxylation sites is 1. The summed E-state index contributed by atoms with van der Waals surface area (Å²) in [6.07, 6.45) is 0. The predicted molar refractivity (Wildman–Crippen MR) is 84.2 cm³/mol. The SMILES string of the molecule is Cc1cc(C(=O)N2CC(C(=O)Nc3ccccc3C(N)=O)C2)no1. The fourth-order valence-corrected chi connectivity index (χ4v) is 2.48. The molecular formula is C16H16N4O4. The third-order valence-corrected chi connectivity index (χ3v) is 3.84. The number of amides is 3. The zero-order valence-corrected chi connectivity index (χ0v) is 13.0. The van der Waals surface area contributed by atoms with Crippen molar-refractivity contribution in [2.75, 3.05) is 18.4 Å². The summed E-state index contributed by atoms with van der Waals surface area (Å²) in [5, 5.41) is 6.35. The normalized spacial score (nSPS) is 14.1. The second kappa shape index (κ2) is 6.15. The number of primary amides is 1. The third-order valence-electron chi connectivity index (χ3n) is 3.84. The highest BCUT2D eigenvalue weighted by molar-refractivity contribution is 6.04. The number of aryl methyl sites for hydroxylation is 1. The molecule has 0 unspecified atom stereocenters. The Kier molecular flexibility index (Phi) is 4.03. The minimum absolute atomic E-state index is 0.227. The van der Waals surface area contributed by atoms with Crippen LogP contribution in [0.3, 0.4) is 0 Å². The Bertz CT molecular complexity index is 808. The molecule has 0 saturated carbocycles. The van der Waals surface area contributed by atoms with E-state index in [1.54, 1.807) is 37.3 Å². The molecule has 0 spiro atoms. The van der Waals surface area contributed by atoms with Crippen LogP contribution in [0.5, 0.6) is 0 Å². The number of nitrogens with zero attached hydrogens (tertiary/aromatic N) is 2. The molecule has 1 aliphatic rings. The molecule has 3 rings (SSSR count). The molecule has 1 saturated heterocycles. The van der Waals surface area contributed by atoms with Crippen LogP contribution in [0.25, 0.3) is 0 Å². The minimum atomic E-state index is -0.613. The molecule has 2 aromatic rings. The van der Waals surface area contributed by atoms with Crippen LogP contribution >= 0.6 is 0 Å².